The van der Waals surface area contributed by atoms with Crippen molar-refractivity contribution >= 4 is 27.3 Å². The molecular weight excluding hydrogens is 329 g/mol. The van der Waals surface area contributed by atoms with E-state index in [0.29, 0.717) is 5.02 Å². The Kier molecular flexibility index (Phi) is 5.15. The number of carbonyl (C=O) groups is 1. The molecule has 0 aliphatic carbocycles. The molecule has 7 heteroatoms. The van der Waals surface area contributed by atoms with Crippen LogP contribution in [0.5, 0.6) is 0 Å². The highest BCUT2D eigenvalue weighted by Gasteiger charge is 2.19. The molecule has 2 aromatic carbocycles. The first-order chi connectivity index (χ1) is 10.4. The number of benzene rings is 2. The molecule has 0 aliphatic rings. The number of rotatable bonds is 5. The van der Waals surface area contributed by atoms with Crippen molar-refractivity contribution in [1.29, 1.82) is 0 Å². The van der Waals surface area contributed by atoms with E-state index >= 15 is 0 Å². The molecule has 116 valence electrons. The van der Waals surface area contributed by atoms with Crippen molar-refractivity contribution in [2.45, 2.75) is 11.4 Å². The van der Waals surface area contributed by atoms with Gasteiger partial charge in [0.05, 0.1) is 4.90 Å². The Balaban J connectivity index is 1.97. The fourth-order valence-corrected chi connectivity index (χ4v) is 3.09. The molecule has 0 aromatic heterocycles. The van der Waals surface area contributed by atoms with Crippen LogP contribution < -0.4 is 5.32 Å². The van der Waals surface area contributed by atoms with E-state index in [9.17, 15) is 17.6 Å². The normalized spacial score (nSPS) is 11.2. The summed E-state index contributed by atoms with van der Waals surface area (Å²) >= 11 is 5.74. The molecule has 0 fully saturated rings. The zero-order valence-electron chi connectivity index (χ0n) is 11.4. The first-order valence-corrected chi connectivity index (χ1v) is 8.39. The Hall–Kier alpha value is -1.92. The number of halogens is 2. The minimum atomic E-state index is -3.87. The van der Waals surface area contributed by atoms with E-state index in [2.05, 4.69) is 5.32 Å². The summed E-state index contributed by atoms with van der Waals surface area (Å²) in [5.74, 6) is -2.05. The van der Waals surface area contributed by atoms with Crippen LogP contribution in [0.3, 0.4) is 0 Å². The van der Waals surface area contributed by atoms with Crippen LogP contribution in [0, 0.1) is 5.82 Å². The standard InChI is InChI=1S/C15H13ClFNO3S/c16-12-6-4-11(5-7-12)9-18-15(19)10-22(20,21)14-3-1-2-13(17)8-14/h1-8H,9-10H2,(H,18,19). The fraction of sp³-hybridized carbons (Fsp3) is 0.133. The van der Waals surface area contributed by atoms with Gasteiger partial charge in [0.2, 0.25) is 5.91 Å². The monoisotopic (exact) mass is 341 g/mol. The predicted octanol–water partition coefficient (Wildman–Crippen LogP) is 2.57. The van der Waals surface area contributed by atoms with Crippen molar-refractivity contribution in [3.63, 3.8) is 0 Å². The number of nitrogens with one attached hydrogen (secondary N) is 1. The molecule has 0 spiro atoms. The molecule has 2 aromatic rings. The van der Waals surface area contributed by atoms with E-state index < -0.39 is 27.3 Å². The minimum Gasteiger partial charge on any atom is -0.351 e. The molecular formula is C15H13ClFNO3S. The second kappa shape index (κ2) is 6.89. The summed E-state index contributed by atoms with van der Waals surface area (Å²) < 4.78 is 37.1. The number of carbonyl (C=O) groups excluding carboxylic acids is 1. The summed E-state index contributed by atoms with van der Waals surface area (Å²) in [6.07, 6.45) is 0. The summed E-state index contributed by atoms with van der Waals surface area (Å²) in [5.41, 5.74) is 0.793. The molecule has 22 heavy (non-hydrogen) atoms. The molecule has 1 N–H and O–H groups in total. The van der Waals surface area contributed by atoms with Gasteiger partial charge in [0.15, 0.2) is 9.84 Å². The molecule has 0 saturated heterocycles. The highest BCUT2D eigenvalue weighted by Crippen LogP contribution is 2.13. The second-order valence-corrected chi connectivity index (χ2v) is 7.05. The van der Waals surface area contributed by atoms with Gasteiger partial charge in [0.25, 0.3) is 0 Å². The molecule has 0 heterocycles. The molecule has 0 radical (unpaired) electrons. The molecule has 0 saturated carbocycles. The first-order valence-electron chi connectivity index (χ1n) is 6.36. The highest BCUT2D eigenvalue weighted by molar-refractivity contribution is 7.92. The second-order valence-electron chi connectivity index (χ2n) is 4.62. The van der Waals surface area contributed by atoms with Gasteiger partial charge in [-0.05, 0) is 35.9 Å². The van der Waals surface area contributed by atoms with E-state index in [-0.39, 0.29) is 11.4 Å². The van der Waals surface area contributed by atoms with Gasteiger partial charge in [-0.3, -0.25) is 4.79 Å². The summed E-state index contributed by atoms with van der Waals surface area (Å²) in [6.45, 7) is 0.189. The summed E-state index contributed by atoms with van der Waals surface area (Å²) in [5, 5.41) is 3.08. The van der Waals surface area contributed by atoms with Crippen LogP contribution >= 0.6 is 11.6 Å². The van der Waals surface area contributed by atoms with Gasteiger partial charge in [-0.2, -0.15) is 0 Å². The van der Waals surface area contributed by atoms with Crippen molar-refractivity contribution < 1.29 is 17.6 Å². The summed E-state index contributed by atoms with van der Waals surface area (Å²) in [4.78, 5) is 11.5. The topological polar surface area (TPSA) is 63.2 Å². The Labute approximate surface area is 132 Å². The van der Waals surface area contributed by atoms with Gasteiger partial charge in [-0.15, -0.1) is 0 Å². The third-order valence-electron chi connectivity index (χ3n) is 2.88. The van der Waals surface area contributed by atoms with Crippen molar-refractivity contribution in [1.82, 2.24) is 5.32 Å². The maximum absolute atomic E-state index is 13.1. The predicted molar refractivity (Wildman–Crippen MR) is 81.8 cm³/mol. The molecule has 0 aliphatic heterocycles. The Morgan fingerprint density at radius 2 is 1.82 bits per heavy atom. The van der Waals surface area contributed by atoms with Crippen molar-refractivity contribution in [3.8, 4) is 0 Å². The lowest BCUT2D eigenvalue weighted by molar-refractivity contribution is -0.118. The van der Waals surface area contributed by atoms with Crippen molar-refractivity contribution in [2.24, 2.45) is 0 Å². The summed E-state index contributed by atoms with van der Waals surface area (Å²) in [6, 6.07) is 11.4. The SMILES string of the molecule is O=C(CS(=O)(=O)c1cccc(F)c1)NCc1ccc(Cl)cc1. The first kappa shape index (κ1) is 16.5. The van der Waals surface area contributed by atoms with Gasteiger partial charge in [-0.1, -0.05) is 29.8 Å². The lowest BCUT2D eigenvalue weighted by Crippen LogP contribution is -2.29. The van der Waals surface area contributed by atoms with Gasteiger partial charge < -0.3 is 5.32 Å². The van der Waals surface area contributed by atoms with E-state index in [4.69, 9.17) is 11.6 Å². The van der Waals surface area contributed by atoms with Crippen LogP contribution in [0.2, 0.25) is 5.02 Å². The average Bonchev–Trinajstić information content (AvgIpc) is 2.46. The lowest BCUT2D eigenvalue weighted by Gasteiger charge is -2.07. The molecule has 2 rings (SSSR count). The molecule has 0 unspecified atom stereocenters. The average molecular weight is 342 g/mol. The fourth-order valence-electron chi connectivity index (χ4n) is 1.77. The van der Waals surface area contributed by atoms with E-state index in [1.165, 1.54) is 12.1 Å². The van der Waals surface area contributed by atoms with Crippen LogP contribution in [0.15, 0.2) is 53.4 Å². The Bertz CT molecular complexity index is 776. The van der Waals surface area contributed by atoms with Gasteiger partial charge in [0, 0.05) is 11.6 Å². The highest BCUT2D eigenvalue weighted by atomic mass is 35.5. The number of hydrogen-bond donors (Lipinski definition) is 1. The van der Waals surface area contributed by atoms with Crippen LogP contribution in [0.4, 0.5) is 4.39 Å². The molecule has 1 amide bonds. The van der Waals surface area contributed by atoms with E-state index in [1.807, 2.05) is 0 Å². The Morgan fingerprint density at radius 3 is 2.45 bits per heavy atom. The minimum absolute atomic E-state index is 0.189. The third-order valence-corrected chi connectivity index (χ3v) is 4.75. The lowest BCUT2D eigenvalue weighted by atomic mass is 10.2. The van der Waals surface area contributed by atoms with E-state index in [0.717, 1.165) is 17.7 Å². The smallest absolute Gasteiger partial charge is 0.235 e. The molecule has 0 bridgehead atoms. The van der Waals surface area contributed by atoms with Crippen molar-refractivity contribution in [2.75, 3.05) is 5.75 Å². The Morgan fingerprint density at radius 1 is 1.14 bits per heavy atom. The van der Waals surface area contributed by atoms with Crippen LogP contribution in [-0.4, -0.2) is 20.1 Å². The number of hydrogen-bond acceptors (Lipinski definition) is 3. The number of sulfone groups is 1. The molecule has 4 nitrogen and oxygen atoms in total. The third kappa shape index (κ3) is 4.54. The van der Waals surface area contributed by atoms with Crippen molar-refractivity contribution in [3.05, 3.63) is 64.9 Å². The largest absolute Gasteiger partial charge is 0.351 e. The van der Waals surface area contributed by atoms with Gasteiger partial charge in [-0.25, -0.2) is 12.8 Å². The quantitative estimate of drug-likeness (QED) is 0.909. The molecule has 0 atom stereocenters. The maximum atomic E-state index is 13.1. The van der Waals surface area contributed by atoms with Gasteiger partial charge >= 0.3 is 0 Å². The number of amides is 1. The zero-order chi connectivity index (χ0) is 16.2. The van der Waals surface area contributed by atoms with Crippen LogP contribution in [-0.2, 0) is 21.2 Å². The van der Waals surface area contributed by atoms with Crippen LogP contribution in [0.25, 0.3) is 0 Å². The maximum Gasteiger partial charge on any atom is 0.235 e. The summed E-state index contributed by atoms with van der Waals surface area (Å²) in [7, 11) is -3.87. The van der Waals surface area contributed by atoms with Gasteiger partial charge in [0.1, 0.15) is 11.6 Å². The van der Waals surface area contributed by atoms with Crippen LogP contribution in [0.1, 0.15) is 5.56 Å². The van der Waals surface area contributed by atoms with E-state index in [1.54, 1.807) is 24.3 Å². The zero-order valence-corrected chi connectivity index (χ0v) is 13.0.